The number of alkyl halides is 3. The summed E-state index contributed by atoms with van der Waals surface area (Å²) in [6.45, 7) is -0.943. The first-order valence-electron chi connectivity index (χ1n) is 13.3. The molecule has 3 aromatic carbocycles. The van der Waals surface area contributed by atoms with Crippen molar-refractivity contribution < 1.29 is 36.9 Å². The van der Waals surface area contributed by atoms with Crippen LogP contribution in [0, 0.1) is 0 Å². The van der Waals surface area contributed by atoms with Gasteiger partial charge in [0.1, 0.15) is 12.6 Å². The summed E-state index contributed by atoms with van der Waals surface area (Å²) in [7, 11) is 6.25. The molecule has 41 heavy (non-hydrogen) atoms. The van der Waals surface area contributed by atoms with Crippen molar-refractivity contribution in [1.82, 2.24) is 10.2 Å². The molecule has 7 nitrogen and oxygen atoms in total. The number of hydrogen-bond acceptors (Lipinski definition) is 6. The number of hydrogen-bond donors (Lipinski definition) is 1. The molecule has 4 rings (SSSR count). The minimum absolute atomic E-state index is 0.396. The highest BCUT2D eigenvalue weighted by Crippen LogP contribution is 2.43. The first-order chi connectivity index (χ1) is 19.7. The maximum Gasteiger partial charge on any atom is 0.405 e. The lowest BCUT2D eigenvalue weighted by Gasteiger charge is -2.37. The second kappa shape index (κ2) is 13.2. The summed E-state index contributed by atoms with van der Waals surface area (Å²) in [6.07, 6.45) is -2.72. The number of benzene rings is 3. The SMILES string of the molecule is COc1ccc(CC2c3cc(OC)c(OC)cc3CCCN2C(C(=O)NCC(F)(F)F)c2ccccc2)cc1OC. The number of fused-ring (bicyclic) bond motifs is 1. The predicted octanol–water partition coefficient (Wildman–Crippen LogP) is 5.67. The van der Waals surface area contributed by atoms with E-state index < -0.39 is 30.7 Å². The van der Waals surface area contributed by atoms with Crippen LogP contribution in [0.2, 0.25) is 0 Å². The van der Waals surface area contributed by atoms with E-state index in [1.807, 2.05) is 41.3 Å². The normalized spacial score (nSPS) is 16.2. The van der Waals surface area contributed by atoms with E-state index in [4.69, 9.17) is 18.9 Å². The highest BCUT2D eigenvalue weighted by molar-refractivity contribution is 5.83. The van der Waals surface area contributed by atoms with E-state index in [2.05, 4.69) is 5.32 Å². The number of aryl methyl sites for hydroxylation is 1. The first kappa shape index (κ1) is 30.0. The van der Waals surface area contributed by atoms with E-state index >= 15 is 0 Å². The summed E-state index contributed by atoms with van der Waals surface area (Å²) in [5, 5.41) is 2.13. The average Bonchev–Trinajstić information content (AvgIpc) is 3.14. The van der Waals surface area contributed by atoms with Crippen molar-refractivity contribution in [3.05, 3.63) is 82.9 Å². The number of amides is 1. The molecule has 1 N–H and O–H groups in total. The van der Waals surface area contributed by atoms with Gasteiger partial charge in [0, 0.05) is 12.6 Å². The average molecular weight is 573 g/mol. The first-order valence-corrected chi connectivity index (χ1v) is 13.3. The van der Waals surface area contributed by atoms with Crippen LogP contribution in [0.5, 0.6) is 23.0 Å². The van der Waals surface area contributed by atoms with Gasteiger partial charge in [0.15, 0.2) is 23.0 Å². The molecule has 2 atom stereocenters. The fraction of sp³-hybridized carbons (Fsp3) is 0.387. The standard InChI is InChI=1S/C31H35F3N2O5/c1-38-25-13-12-20(16-26(25)39-2)15-24-23-18-28(41-4)27(40-3)17-22(23)11-8-14-36(24)29(21-9-6-5-7-10-21)30(37)35-19-31(32,33)34/h5-7,9-10,12-13,16-18,24,29H,8,11,14-15,19H2,1-4H3,(H,35,37). The molecule has 1 amide bonds. The Labute approximate surface area is 238 Å². The van der Waals surface area contributed by atoms with Crippen LogP contribution in [-0.2, 0) is 17.6 Å². The molecule has 0 aliphatic carbocycles. The van der Waals surface area contributed by atoms with E-state index in [-0.39, 0.29) is 0 Å². The number of ether oxygens (including phenoxy) is 4. The largest absolute Gasteiger partial charge is 0.493 e. The molecule has 2 unspecified atom stereocenters. The van der Waals surface area contributed by atoms with Crippen LogP contribution < -0.4 is 24.3 Å². The van der Waals surface area contributed by atoms with Gasteiger partial charge >= 0.3 is 6.18 Å². The number of methoxy groups -OCH3 is 4. The summed E-state index contributed by atoms with van der Waals surface area (Å²) < 4.78 is 61.6. The summed E-state index contributed by atoms with van der Waals surface area (Å²) in [4.78, 5) is 15.6. The van der Waals surface area contributed by atoms with Crippen LogP contribution in [0.15, 0.2) is 60.7 Å². The van der Waals surface area contributed by atoms with Crippen molar-refractivity contribution in [2.75, 3.05) is 41.5 Å². The third kappa shape index (κ3) is 7.05. The predicted molar refractivity (Wildman–Crippen MR) is 149 cm³/mol. The Morgan fingerprint density at radius 2 is 1.54 bits per heavy atom. The topological polar surface area (TPSA) is 69.3 Å². The van der Waals surface area contributed by atoms with Gasteiger partial charge in [0.25, 0.3) is 0 Å². The fourth-order valence-electron chi connectivity index (χ4n) is 5.43. The summed E-state index contributed by atoms with van der Waals surface area (Å²) >= 11 is 0. The summed E-state index contributed by atoms with van der Waals surface area (Å²) in [6, 6.07) is 17.0. The molecule has 1 aliphatic rings. The van der Waals surface area contributed by atoms with Crippen LogP contribution in [-0.4, -0.2) is 58.5 Å². The number of nitrogens with zero attached hydrogens (tertiary/aromatic N) is 1. The Hall–Kier alpha value is -3.92. The molecule has 3 aromatic rings. The second-order valence-corrected chi connectivity index (χ2v) is 9.80. The highest BCUT2D eigenvalue weighted by Gasteiger charge is 2.38. The van der Waals surface area contributed by atoms with Crippen LogP contribution in [0.3, 0.4) is 0 Å². The lowest BCUT2D eigenvalue weighted by atomic mass is 9.91. The molecule has 1 aliphatic heterocycles. The molecule has 0 saturated carbocycles. The fourth-order valence-corrected chi connectivity index (χ4v) is 5.43. The van der Waals surface area contributed by atoms with Crippen molar-refractivity contribution in [2.24, 2.45) is 0 Å². The van der Waals surface area contributed by atoms with Gasteiger partial charge in [-0.1, -0.05) is 36.4 Å². The van der Waals surface area contributed by atoms with Crippen molar-refractivity contribution >= 4 is 5.91 Å². The molecular formula is C31H35F3N2O5. The van der Waals surface area contributed by atoms with Crippen molar-refractivity contribution in [1.29, 1.82) is 0 Å². The van der Waals surface area contributed by atoms with Crippen LogP contribution in [0.1, 0.15) is 40.8 Å². The molecule has 0 saturated heterocycles. The van der Waals surface area contributed by atoms with Gasteiger partial charge in [-0.2, -0.15) is 13.2 Å². The van der Waals surface area contributed by atoms with Gasteiger partial charge in [-0.3, -0.25) is 9.69 Å². The monoisotopic (exact) mass is 572 g/mol. The second-order valence-electron chi connectivity index (χ2n) is 9.80. The van der Waals surface area contributed by atoms with Gasteiger partial charge in [0.2, 0.25) is 5.91 Å². The summed E-state index contributed by atoms with van der Waals surface area (Å²) in [5.41, 5.74) is 3.45. The Balaban J connectivity index is 1.86. The van der Waals surface area contributed by atoms with E-state index in [0.29, 0.717) is 54.4 Å². The Bertz CT molecular complexity index is 1330. The Morgan fingerprint density at radius 3 is 2.17 bits per heavy atom. The van der Waals surface area contributed by atoms with Gasteiger partial charge < -0.3 is 24.3 Å². The van der Waals surface area contributed by atoms with E-state index in [1.165, 1.54) is 0 Å². The number of rotatable bonds is 10. The number of halogens is 3. The van der Waals surface area contributed by atoms with E-state index in [1.54, 1.807) is 52.7 Å². The van der Waals surface area contributed by atoms with Crippen LogP contribution in [0.4, 0.5) is 13.2 Å². The Morgan fingerprint density at radius 1 is 0.902 bits per heavy atom. The molecule has 220 valence electrons. The highest BCUT2D eigenvalue weighted by atomic mass is 19.4. The third-order valence-corrected chi connectivity index (χ3v) is 7.30. The summed E-state index contributed by atoms with van der Waals surface area (Å²) in [5.74, 6) is 1.54. The minimum Gasteiger partial charge on any atom is -0.493 e. The van der Waals surface area contributed by atoms with Gasteiger partial charge in [-0.15, -0.1) is 0 Å². The molecule has 0 spiro atoms. The number of carbonyl (C=O) groups excluding carboxylic acids is 1. The zero-order valence-electron chi connectivity index (χ0n) is 23.6. The van der Waals surface area contributed by atoms with E-state index in [0.717, 1.165) is 16.7 Å². The maximum absolute atomic E-state index is 13.6. The quantitative estimate of drug-likeness (QED) is 0.338. The third-order valence-electron chi connectivity index (χ3n) is 7.30. The van der Waals surface area contributed by atoms with Gasteiger partial charge in [0.05, 0.1) is 28.4 Å². The van der Waals surface area contributed by atoms with Crippen molar-refractivity contribution in [3.8, 4) is 23.0 Å². The van der Waals surface area contributed by atoms with Crippen molar-refractivity contribution in [2.45, 2.75) is 37.5 Å². The molecule has 0 bridgehead atoms. The van der Waals surface area contributed by atoms with Crippen molar-refractivity contribution in [3.63, 3.8) is 0 Å². The molecule has 0 radical (unpaired) electrons. The molecule has 0 fully saturated rings. The van der Waals surface area contributed by atoms with E-state index in [9.17, 15) is 18.0 Å². The molecular weight excluding hydrogens is 537 g/mol. The molecule has 10 heteroatoms. The van der Waals surface area contributed by atoms with Gasteiger partial charge in [-0.25, -0.2) is 0 Å². The minimum atomic E-state index is -4.54. The molecule has 0 aromatic heterocycles. The lowest BCUT2D eigenvalue weighted by molar-refractivity contribution is -0.142. The number of carbonyl (C=O) groups is 1. The lowest BCUT2D eigenvalue weighted by Crippen LogP contribution is -2.45. The van der Waals surface area contributed by atoms with Crippen LogP contribution in [0.25, 0.3) is 0 Å². The zero-order chi connectivity index (χ0) is 29.6. The number of nitrogens with one attached hydrogen (secondary N) is 1. The maximum atomic E-state index is 13.6. The van der Waals surface area contributed by atoms with Gasteiger partial charge in [-0.05, 0) is 65.8 Å². The zero-order valence-corrected chi connectivity index (χ0v) is 23.6. The smallest absolute Gasteiger partial charge is 0.405 e. The van der Waals surface area contributed by atoms with Crippen LogP contribution >= 0.6 is 0 Å². The molecule has 1 heterocycles. The Kier molecular flexibility index (Phi) is 9.65.